The van der Waals surface area contributed by atoms with E-state index in [0.717, 1.165) is 15.4 Å². The molecule has 33 heavy (non-hydrogen) atoms. The van der Waals surface area contributed by atoms with Crippen LogP contribution in [-0.4, -0.2) is 38.7 Å². The van der Waals surface area contributed by atoms with Crippen LogP contribution in [0.5, 0.6) is 0 Å². The Bertz CT molecular complexity index is 1250. The topological polar surface area (TPSA) is 92.8 Å². The molecule has 1 atom stereocenters. The molecule has 0 bridgehead atoms. The number of amides is 1. The Morgan fingerprint density at radius 1 is 0.909 bits per heavy atom. The van der Waals surface area contributed by atoms with Gasteiger partial charge >= 0.3 is 5.97 Å². The molecule has 3 aromatic carbocycles. The highest BCUT2D eigenvalue weighted by molar-refractivity contribution is 7.89. The first-order chi connectivity index (χ1) is 15.6. The maximum Gasteiger partial charge on any atom is 0.339 e. The van der Waals surface area contributed by atoms with E-state index >= 15 is 0 Å². The van der Waals surface area contributed by atoms with E-state index in [1.54, 1.807) is 30.3 Å². The average molecular weight is 467 g/mol. The first-order valence-corrected chi connectivity index (χ1v) is 11.7. The molecule has 3 aromatic rings. The zero-order chi connectivity index (χ0) is 24.2. The molecule has 0 spiro atoms. The Labute approximate surface area is 194 Å². The van der Waals surface area contributed by atoms with Crippen molar-refractivity contribution in [2.75, 3.05) is 19.4 Å². The van der Waals surface area contributed by atoms with E-state index in [9.17, 15) is 18.0 Å². The molecule has 0 aliphatic heterocycles. The van der Waals surface area contributed by atoms with Gasteiger partial charge in [-0.25, -0.2) is 17.5 Å². The van der Waals surface area contributed by atoms with Crippen molar-refractivity contribution in [2.45, 2.75) is 24.8 Å². The van der Waals surface area contributed by atoms with Crippen LogP contribution in [0, 0.1) is 13.8 Å². The summed E-state index contributed by atoms with van der Waals surface area (Å²) in [5, 5.41) is 2.85. The summed E-state index contributed by atoms with van der Waals surface area (Å²) in [7, 11) is -0.770. The largest absolute Gasteiger partial charge is 0.444 e. The second-order valence-electron chi connectivity index (χ2n) is 7.82. The molecule has 0 saturated carbocycles. The molecule has 0 radical (unpaired) electrons. The number of ether oxygens (including phenoxy) is 1. The molecule has 0 unspecified atom stereocenters. The van der Waals surface area contributed by atoms with Gasteiger partial charge in [-0.15, -0.1) is 0 Å². The highest BCUT2D eigenvalue weighted by atomic mass is 32.2. The highest BCUT2D eigenvalue weighted by Crippen LogP contribution is 2.24. The lowest BCUT2D eigenvalue weighted by atomic mass is 10.1. The van der Waals surface area contributed by atoms with Gasteiger partial charge in [-0.1, -0.05) is 42.5 Å². The third-order valence-electron chi connectivity index (χ3n) is 5.08. The van der Waals surface area contributed by atoms with Gasteiger partial charge < -0.3 is 10.1 Å². The SMILES string of the molecule is Cc1ccc(C)c(NC(=O)[C@@H](OC(=O)c2ccc(S(=O)(=O)N(C)C)cc2)c2ccccc2)c1. The molecule has 0 aliphatic carbocycles. The third kappa shape index (κ3) is 5.66. The van der Waals surface area contributed by atoms with Crippen LogP contribution < -0.4 is 5.32 Å². The molecule has 1 N–H and O–H groups in total. The number of hydrogen-bond acceptors (Lipinski definition) is 5. The smallest absolute Gasteiger partial charge is 0.339 e. The molecule has 0 aromatic heterocycles. The minimum atomic E-state index is -3.62. The number of carbonyl (C=O) groups is 2. The van der Waals surface area contributed by atoms with Crippen molar-refractivity contribution in [2.24, 2.45) is 0 Å². The monoisotopic (exact) mass is 466 g/mol. The van der Waals surface area contributed by atoms with Crippen molar-refractivity contribution in [1.82, 2.24) is 4.31 Å². The van der Waals surface area contributed by atoms with Crippen LogP contribution in [0.15, 0.2) is 77.7 Å². The number of carbonyl (C=O) groups excluding carboxylic acids is 2. The Hall–Kier alpha value is -3.49. The Morgan fingerprint density at radius 3 is 2.15 bits per heavy atom. The molecule has 1 amide bonds. The average Bonchev–Trinajstić information content (AvgIpc) is 2.80. The lowest BCUT2D eigenvalue weighted by Gasteiger charge is -2.19. The van der Waals surface area contributed by atoms with Gasteiger partial charge in [0.1, 0.15) is 0 Å². The number of hydrogen-bond donors (Lipinski definition) is 1. The predicted octanol–water partition coefficient (Wildman–Crippen LogP) is 4.09. The molecular weight excluding hydrogens is 440 g/mol. The van der Waals surface area contributed by atoms with Crippen LogP contribution >= 0.6 is 0 Å². The molecule has 8 heteroatoms. The normalized spacial score (nSPS) is 12.3. The molecular formula is C25H26N2O5S. The quantitative estimate of drug-likeness (QED) is 0.530. The number of esters is 1. The molecule has 0 saturated heterocycles. The second kappa shape index (κ2) is 9.97. The lowest BCUT2D eigenvalue weighted by Crippen LogP contribution is -2.26. The zero-order valence-electron chi connectivity index (χ0n) is 18.9. The summed E-state index contributed by atoms with van der Waals surface area (Å²) in [6, 6.07) is 19.8. The van der Waals surface area contributed by atoms with Gasteiger partial charge in [0.15, 0.2) is 0 Å². The van der Waals surface area contributed by atoms with E-state index in [4.69, 9.17) is 4.74 Å². The fourth-order valence-corrected chi connectivity index (χ4v) is 4.02. The number of sulfonamides is 1. The maximum absolute atomic E-state index is 13.1. The van der Waals surface area contributed by atoms with E-state index < -0.39 is 28.0 Å². The molecule has 3 rings (SSSR count). The number of aryl methyl sites for hydroxylation is 2. The van der Waals surface area contributed by atoms with Crippen LogP contribution in [0.1, 0.15) is 33.2 Å². The van der Waals surface area contributed by atoms with Crippen molar-refractivity contribution in [3.63, 3.8) is 0 Å². The van der Waals surface area contributed by atoms with Gasteiger partial charge in [0.25, 0.3) is 5.91 Å². The lowest BCUT2D eigenvalue weighted by molar-refractivity contribution is -0.125. The van der Waals surface area contributed by atoms with Crippen LogP contribution in [0.25, 0.3) is 0 Å². The summed E-state index contributed by atoms with van der Waals surface area (Å²) in [6.07, 6.45) is -1.19. The summed E-state index contributed by atoms with van der Waals surface area (Å²) in [4.78, 5) is 26.0. The van der Waals surface area contributed by atoms with E-state index in [2.05, 4.69) is 5.32 Å². The van der Waals surface area contributed by atoms with E-state index in [1.807, 2.05) is 32.0 Å². The number of nitrogens with one attached hydrogen (secondary N) is 1. The van der Waals surface area contributed by atoms with Crippen LogP contribution in [0.3, 0.4) is 0 Å². The number of anilines is 1. The van der Waals surface area contributed by atoms with Crippen molar-refractivity contribution < 1.29 is 22.7 Å². The Morgan fingerprint density at radius 2 is 1.55 bits per heavy atom. The van der Waals surface area contributed by atoms with Gasteiger partial charge in [-0.05, 0) is 55.3 Å². The fourth-order valence-electron chi connectivity index (χ4n) is 3.12. The zero-order valence-corrected chi connectivity index (χ0v) is 19.7. The summed E-state index contributed by atoms with van der Waals surface area (Å²) >= 11 is 0. The minimum absolute atomic E-state index is 0.0522. The van der Waals surface area contributed by atoms with Crippen LogP contribution in [-0.2, 0) is 19.6 Å². The van der Waals surface area contributed by atoms with Gasteiger partial charge in [0.2, 0.25) is 16.1 Å². The van der Waals surface area contributed by atoms with E-state index in [0.29, 0.717) is 11.3 Å². The van der Waals surface area contributed by atoms with Gasteiger partial charge in [0.05, 0.1) is 10.5 Å². The standard InChI is InChI=1S/C25H26N2O5S/c1-17-10-11-18(2)22(16-17)26-24(28)23(19-8-6-5-7-9-19)32-25(29)20-12-14-21(15-13-20)33(30,31)27(3)4/h5-16,23H,1-4H3,(H,26,28)/t23-/m0/s1. The first-order valence-electron chi connectivity index (χ1n) is 10.3. The van der Waals surface area contributed by atoms with Gasteiger partial charge in [-0.3, -0.25) is 4.79 Å². The van der Waals surface area contributed by atoms with Crippen molar-refractivity contribution in [3.05, 3.63) is 95.1 Å². The van der Waals surface area contributed by atoms with Gasteiger partial charge in [-0.2, -0.15) is 0 Å². The van der Waals surface area contributed by atoms with E-state index in [1.165, 1.54) is 38.4 Å². The first kappa shape index (κ1) is 24.2. The highest BCUT2D eigenvalue weighted by Gasteiger charge is 2.26. The Balaban J connectivity index is 1.86. The predicted molar refractivity (Wildman–Crippen MR) is 126 cm³/mol. The fraction of sp³-hybridized carbons (Fsp3) is 0.200. The summed E-state index contributed by atoms with van der Waals surface area (Å²) in [5.41, 5.74) is 3.14. The summed E-state index contributed by atoms with van der Waals surface area (Å²) in [6.45, 7) is 3.80. The maximum atomic E-state index is 13.1. The van der Waals surface area contributed by atoms with Crippen molar-refractivity contribution in [1.29, 1.82) is 0 Å². The van der Waals surface area contributed by atoms with Gasteiger partial charge in [0, 0.05) is 25.3 Å². The number of rotatable bonds is 7. The van der Waals surface area contributed by atoms with Crippen molar-refractivity contribution in [3.8, 4) is 0 Å². The molecule has 7 nitrogen and oxygen atoms in total. The van der Waals surface area contributed by atoms with E-state index in [-0.39, 0.29) is 10.5 Å². The molecule has 0 fully saturated rings. The second-order valence-corrected chi connectivity index (χ2v) is 9.97. The Kier molecular flexibility index (Phi) is 7.30. The molecule has 0 aliphatic rings. The van der Waals surface area contributed by atoms with Crippen molar-refractivity contribution >= 4 is 27.6 Å². The van der Waals surface area contributed by atoms with Crippen LogP contribution in [0.4, 0.5) is 5.69 Å². The molecule has 0 heterocycles. The summed E-state index contributed by atoms with van der Waals surface area (Å²) in [5.74, 6) is -1.23. The number of nitrogens with zero attached hydrogens (tertiary/aromatic N) is 1. The summed E-state index contributed by atoms with van der Waals surface area (Å²) < 4.78 is 31.2. The minimum Gasteiger partial charge on any atom is -0.444 e. The third-order valence-corrected chi connectivity index (χ3v) is 6.91. The molecule has 172 valence electrons. The number of benzene rings is 3. The van der Waals surface area contributed by atoms with Crippen LogP contribution in [0.2, 0.25) is 0 Å².